The highest BCUT2D eigenvalue weighted by molar-refractivity contribution is 7.89. The Kier molecular flexibility index (Phi) is 4.15. The van der Waals surface area contributed by atoms with Crippen molar-refractivity contribution in [3.8, 4) is 0 Å². The Morgan fingerprint density at radius 3 is 2.47 bits per heavy atom. The lowest BCUT2D eigenvalue weighted by atomic mass is 10.2. The largest absolute Gasteiger partial charge is 0.392 e. The Hall–Kier alpha value is -1.48. The van der Waals surface area contributed by atoms with Crippen molar-refractivity contribution < 1.29 is 13.5 Å². The van der Waals surface area contributed by atoms with E-state index in [1.54, 1.807) is 17.5 Å². The summed E-state index contributed by atoms with van der Waals surface area (Å²) in [5, 5.41) is 10.5. The lowest BCUT2D eigenvalue weighted by molar-refractivity contribution is 0.282. The molecular weight excluding hydrogens is 288 g/mol. The smallest absolute Gasteiger partial charge is 0.304 e. The van der Waals surface area contributed by atoms with Crippen molar-refractivity contribution >= 4 is 21.4 Å². The summed E-state index contributed by atoms with van der Waals surface area (Å²) in [6.45, 7) is -0.104. The van der Waals surface area contributed by atoms with Gasteiger partial charge in [0.2, 0.25) is 10.0 Å². The number of H-pyrrole nitrogens is 1. The molecule has 0 saturated carbocycles. The molecule has 19 heavy (non-hydrogen) atoms. The van der Waals surface area contributed by atoms with E-state index in [0.717, 1.165) is 11.3 Å². The van der Waals surface area contributed by atoms with Crippen molar-refractivity contribution in [1.29, 1.82) is 0 Å². The van der Waals surface area contributed by atoms with E-state index in [1.165, 1.54) is 12.1 Å². The van der Waals surface area contributed by atoms with Crippen LogP contribution in [0.2, 0.25) is 0 Å². The molecule has 1 aromatic heterocycles. The maximum atomic E-state index is 11.9. The number of nitrogens with one attached hydrogen (secondary N) is 2. The van der Waals surface area contributed by atoms with Crippen LogP contribution in [0.15, 0.2) is 39.3 Å². The van der Waals surface area contributed by atoms with E-state index in [2.05, 4.69) is 9.71 Å². The molecule has 0 aliphatic rings. The standard InChI is InChI=1S/C11H12N2O4S2/c14-6-8-1-3-10(4-2-8)19(16,17)12-5-9-7-18-11(15)13-9/h1-4,7,12,14H,5-6H2,(H,13,15). The molecular formula is C11H12N2O4S2. The molecule has 0 spiro atoms. The van der Waals surface area contributed by atoms with Gasteiger partial charge in [0.15, 0.2) is 0 Å². The van der Waals surface area contributed by atoms with Gasteiger partial charge in [0.25, 0.3) is 0 Å². The topological polar surface area (TPSA) is 99.3 Å². The average Bonchev–Trinajstić information content (AvgIpc) is 2.82. The number of benzene rings is 1. The monoisotopic (exact) mass is 300 g/mol. The van der Waals surface area contributed by atoms with Crippen LogP contribution in [0.3, 0.4) is 0 Å². The minimum atomic E-state index is -3.62. The highest BCUT2D eigenvalue weighted by Gasteiger charge is 2.13. The van der Waals surface area contributed by atoms with E-state index >= 15 is 0 Å². The molecule has 0 fully saturated rings. The van der Waals surface area contributed by atoms with Gasteiger partial charge in [0.05, 0.1) is 18.0 Å². The normalized spacial score (nSPS) is 11.6. The predicted molar refractivity (Wildman–Crippen MR) is 71.3 cm³/mol. The van der Waals surface area contributed by atoms with Gasteiger partial charge in [-0.1, -0.05) is 23.5 Å². The van der Waals surface area contributed by atoms with Gasteiger partial charge in [-0.2, -0.15) is 0 Å². The minimum absolute atomic E-state index is 0.0306. The van der Waals surface area contributed by atoms with Crippen molar-refractivity contribution in [2.24, 2.45) is 0 Å². The molecule has 6 nitrogen and oxygen atoms in total. The molecule has 1 heterocycles. The number of rotatable bonds is 5. The van der Waals surface area contributed by atoms with Gasteiger partial charge in [0, 0.05) is 11.1 Å². The van der Waals surface area contributed by atoms with E-state index in [9.17, 15) is 13.2 Å². The Labute approximate surface area is 113 Å². The molecule has 1 aromatic carbocycles. The van der Waals surface area contributed by atoms with Gasteiger partial charge < -0.3 is 10.1 Å². The van der Waals surface area contributed by atoms with Gasteiger partial charge in [0.1, 0.15) is 0 Å². The molecule has 0 atom stereocenters. The molecule has 0 aliphatic carbocycles. The number of thiazole rings is 1. The number of aliphatic hydroxyl groups is 1. The van der Waals surface area contributed by atoms with Crippen LogP contribution >= 0.6 is 11.3 Å². The minimum Gasteiger partial charge on any atom is -0.392 e. The zero-order chi connectivity index (χ0) is 13.9. The third-order valence-electron chi connectivity index (χ3n) is 2.44. The van der Waals surface area contributed by atoms with Crippen molar-refractivity contribution in [3.63, 3.8) is 0 Å². The van der Waals surface area contributed by atoms with Crippen LogP contribution in [0, 0.1) is 0 Å². The highest BCUT2D eigenvalue weighted by Crippen LogP contribution is 2.11. The van der Waals surface area contributed by atoms with Crippen molar-refractivity contribution in [3.05, 3.63) is 50.6 Å². The summed E-state index contributed by atoms with van der Waals surface area (Å²) >= 11 is 0.982. The van der Waals surface area contributed by atoms with E-state index in [4.69, 9.17) is 5.11 Å². The molecule has 0 bridgehead atoms. The third kappa shape index (κ3) is 3.51. The zero-order valence-electron chi connectivity index (χ0n) is 9.79. The van der Waals surface area contributed by atoms with Gasteiger partial charge in [-0.3, -0.25) is 4.79 Å². The van der Waals surface area contributed by atoms with Gasteiger partial charge in [-0.15, -0.1) is 0 Å². The van der Waals surface area contributed by atoms with E-state index in [-0.39, 0.29) is 22.9 Å². The summed E-state index contributed by atoms with van der Waals surface area (Å²) < 4.78 is 26.3. The first-order valence-corrected chi connectivity index (χ1v) is 7.74. The zero-order valence-corrected chi connectivity index (χ0v) is 11.4. The summed E-state index contributed by atoms with van der Waals surface area (Å²) in [6.07, 6.45) is 0. The third-order valence-corrected chi connectivity index (χ3v) is 4.58. The summed E-state index contributed by atoms with van der Waals surface area (Å²) in [4.78, 5) is 13.3. The maximum absolute atomic E-state index is 11.9. The Morgan fingerprint density at radius 1 is 1.26 bits per heavy atom. The summed E-state index contributed by atoms with van der Waals surface area (Å²) in [6, 6.07) is 5.93. The Bertz CT molecular complexity index is 701. The molecule has 2 aromatic rings. The van der Waals surface area contributed by atoms with Crippen molar-refractivity contribution in [1.82, 2.24) is 9.71 Å². The summed E-state index contributed by atoms with van der Waals surface area (Å²) in [5.74, 6) is 0. The quantitative estimate of drug-likeness (QED) is 0.744. The van der Waals surface area contributed by atoms with Gasteiger partial charge >= 0.3 is 4.87 Å². The number of aromatic nitrogens is 1. The molecule has 0 radical (unpaired) electrons. The van der Waals surface area contributed by atoms with Crippen LogP contribution in [-0.2, 0) is 23.2 Å². The Balaban J connectivity index is 2.11. The number of hydrogen-bond acceptors (Lipinski definition) is 5. The van der Waals surface area contributed by atoms with Crippen LogP contribution in [0.25, 0.3) is 0 Å². The second kappa shape index (κ2) is 5.66. The lowest BCUT2D eigenvalue weighted by Crippen LogP contribution is -2.23. The fraction of sp³-hybridized carbons (Fsp3) is 0.182. The van der Waals surface area contributed by atoms with Crippen molar-refractivity contribution in [2.75, 3.05) is 0 Å². The van der Waals surface area contributed by atoms with Crippen LogP contribution in [0.4, 0.5) is 0 Å². The second-order valence-electron chi connectivity index (χ2n) is 3.80. The van der Waals surface area contributed by atoms with E-state index in [0.29, 0.717) is 11.3 Å². The molecule has 0 unspecified atom stereocenters. The number of sulfonamides is 1. The highest BCUT2D eigenvalue weighted by atomic mass is 32.2. The Morgan fingerprint density at radius 2 is 1.95 bits per heavy atom. The maximum Gasteiger partial charge on any atom is 0.304 e. The molecule has 0 saturated heterocycles. The molecule has 0 aliphatic heterocycles. The second-order valence-corrected chi connectivity index (χ2v) is 6.41. The average molecular weight is 300 g/mol. The van der Waals surface area contributed by atoms with Crippen LogP contribution < -0.4 is 9.60 Å². The fourth-order valence-electron chi connectivity index (χ4n) is 1.43. The first kappa shape index (κ1) is 13.9. The number of aromatic amines is 1. The van der Waals surface area contributed by atoms with Crippen molar-refractivity contribution in [2.45, 2.75) is 18.0 Å². The van der Waals surface area contributed by atoms with Crippen LogP contribution in [-0.4, -0.2) is 18.5 Å². The van der Waals surface area contributed by atoms with Crippen LogP contribution in [0.1, 0.15) is 11.3 Å². The molecule has 8 heteroatoms. The molecule has 2 rings (SSSR count). The first-order chi connectivity index (χ1) is 9.01. The number of hydrogen-bond donors (Lipinski definition) is 3. The summed E-state index contributed by atoms with van der Waals surface area (Å²) in [5.41, 5.74) is 1.16. The van der Waals surface area contributed by atoms with Gasteiger partial charge in [-0.25, -0.2) is 13.1 Å². The SMILES string of the molecule is O=c1[nH]c(CNS(=O)(=O)c2ccc(CO)cc2)cs1. The molecule has 3 N–H and O–H groups in total. The van der Waals surface area contributed by atoms with Crippen LogP contribution in [0.5, 0.6) is 0 Å². The van der Waals surface area contributed by atoms with E-state index < -0.39 is 10.0 Å². The van der Waals surface area contributed by atoms with E-state index in [1.807, 2.05) is 0 Å². The lowest BCUT2D eigenvalue weighted by Gasteiger charge is -2.06. The molecule has 0 amide bonds. The fourth-order valence-corrected chi connectivity index (χ4v) is 3.02. The summed E-state index contributed by atoms with van der Waals surface area (Å²) in [7, 11) is -3.62. The molecule has 102 valence electrons. The first-order valence-electron chi connectivity index (χ1n) is 5.37. The van der Waals surface area contributed by atoms with Gasteiger partial charge in [-0.05, 0) is 17.7 Å². The predicted octanol–water partition coefficient (Wildman–Crippen LogP) is 0.407. The number of aliphatic hydroxyl groups excluding tert-OH is 1.